The first-order valence-corrected chi connectivity index (χ1v) is 16.3. The van der Waals surface area contributed by atoms with Crippen LogP contribution < -0.4 is 20.3 Å². The van der Waals surface area contributed by atoms with E-state index in [1.165, 1.54) is 18.2 Å². The number of nitrogens with one attached hydrogen (secondary N) is 2. The Kier molecular flexibility index (Phi) is 7.08. The maximum atomic E-state index is 16.8. The summed E-state index contributed by atoms with van der Waals surface area (Å²) in [5, 5.41) is 28.0. The molecular formula is C34H34ClF4N5O3. The van der Waals surface area contributed by atoms with Gasteiger partial charge in [-0.3, -0.25) is 0 Å². The maximum Gasteiger partial charge on any atom is 0.319 e. The molecule has 3 heterocycles. The molecule has 0 radical (unpaired) electrons. The highest BCUT2D eigenvalue weighted by Gasteiger charge is 2.71. The number of hydrogen-bond acceptors (Lipinski definition) is 8. The minimum absolute atomic E-state index is 0.0231. The van der Waals surface area contributed by atoms with Gasteiger partial charge in [0.2, 0.25) is 0 Å². The van der Waals surface area contributed by atoms with Crippen LogP contribution >= 0.6 is 11.6 Å². The molecule has 3 aromatic carbocycles. The standard InChI is InChI=1S/C34H34ClF4N5O3/c1-32-6-5-18(43-32)12-44(15-32)30-23-11-25(36)27(22-10-20(45)7-17-3-2-4-24(35)26(17)22)28(37)29(23)41-31(42-30)47-16-33(13-34(33,38)39)14-40-19-8-21(46)9-19/h2-4,7,10-11,18-19,21,40,43,45-46H,5-6,8-9,12-16H2,1H3/t18?,19?,21?,32-,33+/m0/s1. The Bertz CT molecular complexity index is 1930. The van der Waals surface area contributed by atoms with E-state index in [0.717, 1.165) is 12.8 Å². The van der Waals surface area contributed by atoms with E-state index in [1.54, 1.807) is 18.2 Å². The molecule has 0 amide bonds. The smallest absolute Gasteiger partial charge is 0.319 e. The second kappa shape index (κ2) is 10.8. The molecule has 2 saturated carbocycles. The lowest BCUT2D eigenvalue weighted by Crippen LogP contribution is -2.58. The third kappa shape index (κ3) is 5.24. The highest BCUT2D eigenvalue weighted by molar-refractivity contribution is 6.36. The molecule has 4 N–H and O–H groups in total. The molecule has 1 aromatic heterocycles. The van der Waals surface area contributed by atoms with E-state index >= 15 is 8.78 Å². The van der Waals surface area contributed by atoms with Crippen molar-refractivity contribution in [3.63, 3.8) is 0 Å². The van der Waals surface area contributed by atoms with E-state index in [2.05, 4.69) is 27.5 Å². The van der Waals surface area contributed by atoms with Crippen LogP contribution in [0.15, 0.2) is 36.4 Å². The van der Waals surface area contributed by atoms with Crippen LogP contribution in [-0.4, -0.2) is 76.1 Å². The second-order valence-electron chi connectivity index (χ2n) is 14.1. The van der Waals surface area contributed by atoms with Crippen molar-refractivity contribution in [3.05, 3.63) is 53.1 Å². The van der Waals surface area contributed by atoms with Gasteiger partial charge in [-0.05, 0) is 62.3 Å². The SMILES string of the molecule is C[C@]12CCC(CN(c3nc(OC[C@]4(CNC5CC(O)C5)CC4(F)F)nc4c(F)c(-c5cc(O)cc6cccc(Cl)c56)c(F)cc34)C1)N2. The number of aliphatic hydroxyl groups is 1. The van der Waals surface area contributed by atoms with E-state index in [4.69, 9.17) is 16.3 Å². The van der Waals surface area contributed by atoms with Crippen LogP contribution in [-0.2, 0) is 0 Å². The van der Waals surface area contributed by atoms with Crippen molar-refractivity contribution in [2.75, 3.05) is 31.1 Å². The van der Waals surface area contributed by atoms with Crippen LogP contribution in [0.25, 0.3) is 32.8 Å². The van der Waals surface area contributed by atoms with Gasteiger partial charge < -0.3 is 30.5 Å². The predicted octanol–water partition coefficient (Wildman–Crippen LogP) is 5.94. The van der Waals surface area contributed by atoms with E-state index in [-0.39, 0.29) is 63.2 Å². The van der Waals surface area contributed by atoms with Crippen LogP contribution in [0.3, 0.4) is 0 Å². The average molecular weight is 672 g/mol. The molecule has 8 rings (SSSR count). The summed E-state index contributed by atoms with van der Waals surface area (Å²) in [4.78, 5) is 10.9. The predicted molar refractivity (Wildman–Crippen MR) is 170 cm³/mol. The van der Waals surface area contributed by atoms with Crippen LogP contribution in [0, 0.1) is 17.0 Å². The molecule has 0 spiro atoms. The Balaban J connectivity index is 1.23. The first-order chi connectivity index (χ1) is 22.3. The molecule has 13 heteroatoms. The van der Waals surface area contributed by atoms with Gasteiger partial charge in [0.25, 0.3) is 5.92 Å². The fourth-order valence-corrected chi connectivity index (χ4v) is 7.94. The number of aromatic nitrogens is 2. The van der Waals surface area contributed by atoms with Gasteiger partial charge in [0, 0.05) is 65.0 Å². The molecule has 4 aliphatic rings. The van der Waals surface area contributed by atoms with Gasteiger partial charge in [-0.15, -0.1) is 0 Å². The van der Waals surface area contributed by atoms with Crippen LogP contribution in [0.5, 0.6) is 11.8 Å². The van der Waals surface area contributed by atoms with Crippen LogP contribution in [0.1, 0.15) is 39.0 Å². The van der Waals surface area contributed by atoms with Crippen molar-refractivity contribution >= 4 is 39.1 Å². The number of ether oxygens (including phenoxy) is 1. The number of piperazine rings is 1. The molecule has 8 nitrogen and oxygen atoms in total. The summed E-state index contributed by atoms with van der Waals surface area (Å²) in [7, 11) is 0. The lowest BCUT2D eigenvalue weighted by Gasteiger charge is -2.40. The maximum absolute atomic E-state index is 16.8. The molecule has 1 unspecified atom stereocenters. The Morgan fingerprint density at radius 1 is 1.17 bits per heavy atom. The van der Waals surface area contributed by atoms with E-state index in [1.807, 2.05) is 4.90 Å². The minimum Gasteiger partial charge on any atom is -0.508 e. The molecule has 2 saturated heterocycles. The first-order valence-electron chi connectivity index (χ1n) is 15.9. The van der Waals surface area contributed by atoms with E-state index in [0.29, 0.717) is 36.7 Å². The van der Waals surface area contributed by atoms with Gasteiger partial charge in [0.05, 0.1) is 17.1 Å². The monoisotopic (exact) mass is 671 g/mol. The normalized spacial score (nSPS) is 29.3. The second-order valence-corrected chi connectivity index (χ2v) is 14.5. The van der Waals surface area contributed by atoms with Crippen molar-refractivity contribution in [2.24, 2.45) is 5.41 Å². The summed E-state index contributed by atoms with van der Waals surface area (Å²) in [6.07, 6.45) is 2.03. The van der Waals surface area contributed by atoms with Crippen molar-refractivity contribution in [3.8, 4) is 22.9 Å². The van der Waals surface area contributed by atoms with Crippen molar-refractivity contribution in [2.45, 2.75) is 68.7 Å². The number of alkyl halides is 2. The molecule has 2 bridgehead atoms. The number of rotatable bonds is 8. The van der Waals surface area contributed by atoms with Crippen LogP contribution in [0.4, 0.5) is 23.4 Å². The number of phenolic OH excluding ortho intramolecular Hbond substituents is 1. The lowest BCUT2D eigenvalue weighted by atomic mass is 9.89. The molecule has 248 valence electrons. The fraction of sp³-hybridized carbons (Fsp3) is 0.471. The van der Waals surface area contributed by atoms with Crippen molar-refractivity contribution in [1.82, 2.24) is 20.6 Å². The third-order valence-electron chi connectivity index (χ3n) is 10.4. The Hall–Kier alpha value is -3.45. The number of halogens is 5. The Morgan fingerprint density at radius 3 is 2.68 bits per heavy atom. The average Bonchev–Trinajstić information content (AvgIpc) is 3.43. The topological polar surface area (TPSA) is 103 Å². The zero-order valence-electron chi connectivity index (χ0n) is 25.6. The third-order valence-corrected chi connectivity index (χ3v) is 10.7. The lowest BCUT2D eigenvalue weighted by molar-refractivity contribution is 0.0271. The number of benzene rings is 3. The van der Waals surface area contributed by atoms with Gasteiger partial charge >= 0.3 is 6.01 Å². The zero-order valence-corrected chi connectivity index (χ0v) is 26.4. The molecule has 3 atom stereocenters. The van der Waals surface area contributed by atoms with Crippen molar-refractivity contribution < 1.29 is 32.5 Å². The molecule has 47 heavy (non-hydrogen) atoms. The summed E-state index contributed by atoms with van der Waals surface area (Å²) in [6, 6.07) is 8.64. The summed E-state index contributed by atoms with van der Waals surface area (Å²) < 4.78 is 68.3. The quantitative estimate of drug-likeness (QED) is 0.171. The number of fused-ring (bicyclic) bond motifs is 4. The van der Waals surface area contributed by atoms with Crippen LogP contribution in [0.2, 0.25) is 5.02 Å². The Labute approximate surface area is 273 Å². The highest BCUT2D eigenvalue weighted by atomic mass is 35.5. The number of hydrogen-bond donors (Lipinski definition) is 4. The Morgan fingerprint density at radius 2 is 1.96 bits per heavy atom. The largest absolute Gasteiger partial charge is 0.508 e. The number of aliphatic hydroxyl groups excluding tert-OH is 1. The van der Waals surface area contributed by atoms with Gasteiger partial charge in [-0.25, -0.2) is 17.6 Å². The molecule has 4 fully saturated rings. The number of phenols is 1. The van der Waals surface area contributed by atoms with Gasteiger partial charge in [0.15, 0.2) is 5.82 Å². The minimum atomic E-state index is -2.98. The number of anilines is 1. The van der Waals surface area contributed by atoms with E-state index < -0.39 is 47.7 Å². The summed E-state index contributed by atoms with van der Waals surface area (Å²) >= 11 is 6.50. The molecule has 4 aromatic rings. The number of aromatic hydroxyl groups is 1. The summed E-state index contributed by atoms with van der Waals surface area (Å²) in [5.74, 6) is -4.84. The van der Waals surface area contributed by atoms with Crippen molar-refractivity contribution in [1.29, 1.82) is 0 Å². The molecule has 2 aliphatic carbocycles. The van der Waals surface area contributed by atoms with Gasteiger partial charge in [-0.2, -0.15) is 9.97 Å². The zero-order chi connectivity index (χ0) is 32.9. The molecular weight excluding hydrogens is 638 g/mol. The highest BCUT2D eigenvalue weighted by Crippen LogP contribution is 2.60. The fourth-order valence-electron chi connectivity index (χ4n) is 7.66. The summed E-state index contributed by atoms with van der Waals surface area (Å²) in [5.41, 5.74) is -2.37. The molecule has 2 aliphatic heterocycles. The first kappa shape index (κ1) is 30.9. The van der Waals surface area contributed by atoms with Gasteiger partial charge in [-0.1, -0.05) is 23.7 Å². The number of nitrogens with zero attached hydrogens (tertiary/aromatic N) is 3. The van der Waals surface area contributed by atoms with E-state index in [9.17, 15) is 19.0 Å². The van der Waals surface area contributed by atoms with Gasteiger partial charge in [0.1, 0.15) is 29.5 Å². The summed E-state index contributed by atoms with van der Waals surface area (Å²) in [6.45, 7) is 2.68.